The van der Waals surface area contributed by atoms with E-state index < -0.39 is 6.10 Å². The van der Waals surface area contributed by atoms with Crippen LogP contribution < -0.4 is 15.4 Å². The molecule has 21 heavy (non-hydrogen) atoms. The molecule has 1 aliphatic rings. The van der Waals surface area contributed by atoms with Crippen LogP contribution in [-0.4, -0.2) is 29.9 Å². The van der Waals surface area contributed by atoms with Crippen molar-refractivity contribution in [3.05, 3.63) is 29.8 Å². The molecule has 0 aliphatic heterocycles. The number of aliphatic hydroxyl groups excluding tert-OH is 1. The van der Waals surface area contributed by atoms with E-state index in [1.54, 1.807) is 0 Å². The molecule has 0 spiro atoms. The number of amides is 2. The lowest BCUT2D eigenvalue weighted by Gasteiger charge is -2.28. The zero-order valence-corrected chi connectivity index (χ0v) is 12.5. The Hall–Kier alpha value is -1.75. The lowest BCUT2D eigenvalue weighted by atomic mass is 9.93. The van der Waals surface area contributed by atoms with Crippen molar-refractivity contribution in [1.82, 2.24) is 10.6 Å². The molecule has 0 bridgehead atoms. The molecule has 2 atom stereocenters. The fraction of sp³-hybridized carbons (Fsp3) is 0.562. The zero-order chi connectivity index (χ0) is 15.1. The smallest absolute Gasteiger partial charge is 0.315 e. The molecule has 3 N–H and O–H groups in total. The van der Waals surface area contributed by atoms with Crippen LogP contribution in [0.3, 0.4) is 0 Å². The van der Waals surface area contributed by atoms with Crippen LogP contribution >= 0.6 is 0 Å². The van der Waals surface area contributed by atoms with Crippen LogP contribution in [0, 0.1) is 0 Å². The summed E-state index contributed by atoms with van der Waals surface area (Å²) in [5.41, 5.74) is 0.943. The summed E-state index contributed by atoms with van der Waals surface area (Å²) in [4.78, 5) is 11.9. The molecule has 1 fully saturated rings. The molecule has 116 valence electrons. The number of urea groups is 1. The number of hydrogen-bond acceptors (Lipinski definition) is 3. The molecule has 2 rings (SSSR count). The van der Waals surface area contributed by atoms with Crippen molar-refractivity contribution in [2.75, 3.05) is 6.61 Å². The van der Waals surface area contributed by atoms with Crippen LogP contribution in [0.5, 0.6) is 5.75 Å². The molecule has 1 aliphatic carbocycles. The van der Waals surface area contributed by atoms with E-state index in [4.69, 9.17) is 4.74 Å². The molecule has 5 heteroatoms. The standard InChI is InChI=1S/C16H24N2O3/c1-2-21-15-10-6-3-7-12(15)11-17-16(20)18-13-8-4-5-9-14(13)19/h3,6-7,10,13-14,19H,2,4-5,8-9,11H2,1H3,(H2,17,18,20). The lowest BCUT2D eigenvalue weighted by molar-refractivity contribution is 0.0943. The Morgan fingerprint density at radius 3 is 2.86 bits per heavy atom. The van der Waals surface area contributed by atoms with Gasteiger partial charge in [-0.2, -0.15) is 0 Å². The van der Waals surface area contributed by atoms with Gasteiger partial charge in [-0.1, -0.05) is 31.0 Å². The Morgan fingerprint density at radius 2 is 2.10 bits per heavy atom. The van der Waals surface area contributed by atoms with Crippen LogP contribution in [-0.2, 0) is 6.54 Å². The molecule has 2 amide bonds. The first-order valence-electron chi connectivity index (χ1n) is 7.64. The van der Waals surface area contributed by atoms with Gasteiger partial charge >= 0.3 is 6.03 Å². The van der Waals surface area contributed by atoms with Crippen molar-refractivity contribution in [3.8, 4) is 5.75 Å². The predicted molar refractivity (Wildman–Crippen MR) is 81.2 cm³/mol. The molecule has 1 aromatic carbocycles. The number of aliphatic hydroxyl groups is 1. The molecule has 1 saturated carbocycles. The Labute approximate surface area is 125 Å². The molecule has 1 aromatic rings. The van der Waals surface area contributed by atoms with Crippen molar-refractivity contribution in [2.45, 2.75) is 51.3 Å². The third kappa shape index (κ3) is 4.63. The van der Waals surface area contributed by atoms with Crippen LogP contribution in [0.2, 0.25) is 0 Å². The molecular weight excluding hydrogens is 268 g/mol. The van der Waals surface area contributed by atoms with E-state index in [1.165, 1.54) is 0 Å². The number of ether oxygens (including phenoxy) is 1. The molecule has 2 unspecified atom stereocenters. The quantitative estimate of drug-likeness (QED) is 0.779. The van der Waals surface area contributed by atoms with E-state index in [1.807, 2.05) is 31.2 Å². The normalized spacial score (nSPS) is 21.6. The minimum absolute atomic E-state index is 0.138. The average molecular weight is 292 g/mol. The summed E-state index contributed by atoms with van der Waals surface area (Å²) >= 11 is 0. The van der Waals surface area contributed by atoms with Crippen molar-refractivity contribution in [1.29, 1.82) is 0 Å². The number of hydrogen-bond donors (Lipinski definition) is 3. The first kappa shape index (κ1) is 15.6. The predicted octanol–water partition coefficient (Wildman–Crippen LogP) is 2.19. The summed E-state index contributed by atoms with van der Waals surface area (Å²) in [6.45, 7) is 2.93. The number of nitrogens with one attached hydrogen (secondary N) is 2. The third-order valence-corrected chi connectivity index (χ3v) is 3.76. The largest absolute Gasteiger partial charge is 0.494 e. The van der Waals surface area contributed by atoms with Gasteiger partial charge in [0, 0.05) is 12.1 Å². The Balaban J connectivity index is 1.83. The summed E-state index contributed by atoms with van der Waals surface area (Å²) in [7, 11) is 0. The summed E-state index contributed by atoms with van der Waals surface area (Å²) in [5, 5.41) is 15.5. The molecular formula is C16H24N2O3. The number of rotatable bonds is 5. The maximum atomic E-state index is 11.9. The third-order valence-electron chi connectivity index (χ3n) is 3.76. The fourth-order valence-corrected chi connectivity index (χ4v) is 2.62. The maximum absolute atomic E-state index is 11.9. The van der Waals surface area contributed by atoms with Gasteiger partial charge in [0.2, 0.25) is 0 Å². The van der Waals surface area contributed by atoms with Crippen molar-refractivity contribution in [2.24, 2.45) is 0 Å². The van der Waals surface area contributed by atoms with Crippen molar-refractivity contribution < 1.29 is 14.6 Å². The first-order chi connectivity index (χ1) is 10.2. The first-order valence-corrected chi connectivity index (χ1v) is 7.64. The van der Waals surface area contributed by atoms with Gasteiger partial charge in [0.05, 0.1) is 18.8 Å². The van der Waals surface area contributed by atoms with Gasteiger partial charge in [-0.15, -0.1) is 0 Å². The second kappa shape index (κ2) is 7.88. The second-order valence-electron chi connectivity index (χ2n) is 5.33. The van der Waals surface area contributed by atoms with Gasteiger partial charge < -0.3 is 20.5 Å². The minimum Gasteiger partial charge on any atom is -0.494 e. The summed E-state index contributed by atoms with van der Waals surface area (Å²) in [6.07, 6.45) is 3.25. The number of carbonyl (C=O) groups excluding carboxylic acids is 1. The van der Waals surface area contributed by atoms with Gasteiger partial charge in [-0.05, 0) is 25.8 Å². The van der Waals surface area contributed by atoms with Crippen LogP contribution in [0.15, 0.2) is 24.3 Å². The summed E-state index contributed by atoms with van der Waals surface area (Å²) in [6, 6.07) is 7.27. The van der Waals surface area contributed by atoms with Crippen LogP contribution in [0.4, 0.5) is 4.79 Å². The highest BCUT2D eigenvalue weighted by molar-refractivity contribution is 5.74. The maximum Gasteiger partial charge on any atom is 0.315 e. The molecule has 0 saturated heterocycles. The average Bonchev–Trinajstić information content (AvgIpc) is 2.49. The number of benzene rings is 1. The van der Waals surface area contributed by atoms with Gasteiger partial charge in [0.25, 0.3) is 0 Å². The molecule has 5 nitrogen and oxygen atoms in total. The van der Waals surface area contributed by atoms with Gasteiger partial charge in [-0.25, -0.2) is 4.79 Å². The van der Waals surface area contributed by atoms with Gasteiger partial charge in [-0.3, -0.25) is 0 Å². The highest BCUT2D eigenvalue weighted by Gasteiger charge is 2.24. The van der Waals surface area contributed by atoms with E-state index in [9.17, 15) is 9.90 Å². The van der Waals surface area contributed by atoms with Crippen LogP contribution in [0.25, 0.3) is 0 Å². The van der Waals surface area contributed by atoms with Gasteiger partial charge in [0.1, 0.15) is 5.75 Å². The van der Waals surface area contributed by atoms with E-state index in [0.717, 1.165) is 37.0 Å². The molecule has 0 aromatic heterocycles. The topological polar surface area (TPSA) is 70.6 Å². The highest BCUT2D eigenvalue weighted by Crippen LogP contribution is 2.19. The number of para-hydroxylation sites is 1. The van der Waals surface area contributed by atoms with Crippen LogP contribution in [0.1, 0.15) is 38.2 Å². The van der Waals surface area contributed by atoms with E-state index in [2.05, 4.69) is 10.6 Å². The highest BCUT2D eigenvalue weighted by atomic mass is 16.5. The van der Waals surface area contributed by atoms with E-state index in [-0.39, 0.29) is 12.1 Å². The zero-order valence-electron chi connectivity index (χ0n) is 12.5. The lowest BCUT2D eigenvalue weighted by Crippen LogP contribution is -2.48. The SMILES string of the molecule is CCOc1ccccc1CNC(=O)NC1CCCCC1O. The fourth-order valence-electron chi connectivity index (χ4n) is 2.62. The second-order valence-corrected chi connectivity index (χ2v) is 5.33. The minimum atomic E-state index is -0.430. The van der Waals surface area contributed by atoms with E-state index >= 15 is 0 Å². The Morgan fingerprint density at radius 1 is 1.33 bits per heavy atom. The Bertz CT molecular complexity index is 465. The van der Waals surface area contributed by atoms with Crippen molar-refractivity contribution >= 4 is 6.03 Å². The monoisotopic (exact) mass is 292 g/mol. The van der Waals surface area contributed by atoms with Crippen molar-refractivity contribution in [3.63, 3.8) is 0 Å². The van der Waals surface area contributed by atoms with E-state index in [0.29, 0.717) is 13.2 Å². The van der Waals surface area contributed by atoms with Gasteiger partial charge in [0.15, 0.2) is 0 Å². The Kier molecular flexibility index (Phi) is 5.87. The molecule has 0 radical (unpaired) electrons. The number of carbonyl (C=O) groups is 1. The molecule has 0 heterocycles. The summed E-state index contributed by atoms with van der Waals surface area (Å²) < 4.78 is 5.52. The summed E-state index contributed by atoms with van der Waals surface area (Å²) in [5.74, 6) is 0.790.